The van der Waals surface area contributed by atoms with Gasteiger partial charge < -0.3 is 0 Å². The molecular formula is C45H62Si. The van der Waals surface area contributed by atoms with Gasteiger partial charge in [-0.25, -0.2) is 0 Å². The van der Waals surface area contributed by atoms with Crippen molar-refractivity contribution in [3.05, 3.63) is 112 Å². The second-order valence-corrected chi connectivity index (χ2v) is 20.6. The van der Waals surface area contributed by atoms with E-state index in [1.807, 2.05) is 0 Å². The normalized spacial score (nSPS) is 18.5. The number of fused-ring (bicyclic) bond motifs is 1. The molecule has 1 saturated carbocycles. The highest BCUT2D eigenvalue weighted by Gasteiger charge is 2.52. The zero-order valence-electron chi connectivity index (χ0n) is 31.2. The third-order valence-electron chi connectivity index (χ3n) is 11.3. The molecule has 0 nitrogen and oxygen atoms in total. The molecule has 0 spiro atoms. The van der Waals surface area contributed by atoms with E-state index in [4.69, 9.17) is 0 Å². The first-order valence-corrected chi connectivity index (χ1v) is 20.6. The van der Waals surface area contributed by atoms with E-state index in [9.17, 15) is 0 Å². The van der Waals surface area contributed by atoms with Gasteiger partial charge in [-0.05, 0) is 115 Å². The number of hydrogen-bond donors (Lipinski definition) is 0. The SMILES string of the molecule is CC(C)c1cc(C(C)C)cc([Si](c2cc(C(C)C)cc(C(C)C)c2)(c2cc(C(C)C)cc(C(C)C)c2)C2CCC3CC=CC=C32)c1. The third kappa shape index (κ3) is 6.56. The molecule has 2 unspecified atom stereocenters. The van der Waals surface area contributed by atoms with Crippen molar-refractivity contribution in [2.75, 3.05) is 0 Å². The fourth-order valence-electron chi connectivity index (χ4n) is 8.20. The summed E-state index contributed by atoms with van der Waals surface area (Å²) in [7, 11) is -2.66. The van der Waals surface area contributed by atoms with Crippen LogP contribution in [-0.4, -0.2) is 8.07 Å². The first-order chi connectivity index (χ1) is 21.7. The summed E-state index contributed by atoms with van der Waals surface area (Å²) in [6.07, 6.45) is 11.1. The van der Waals surface area contributed by atoms with E-state index in [0.29, 0.717) is 47.0 Å². The van der Waals surface area contributed by atoms with Crippen LogP contribution in [0.2, 0.25) is 5.54 Å². The summed E-state index contributed by atoms with van der Waals surface area (Å²) in [6.45, 7) is 28.7. The van der Waals surface area contributed by atoms with Gasteiger partial charge in [0.05, 0.1) is 0 Å². The van der Waals surface area contributed by atoms with Crippen molar-refractivity contribution >= 4 is 23.6 Å². The molecule has 2 aliphatic carbocycles. The molecular weight excluding hydrogens is 569 g/mol. The summed E-state index contributed by atoms with van der Waals surface area (Å²) in [5.74, 6) is 3.59. The van der Waals surface area contributed by atoms with Gasteiger partial charge in [-0.1, -0.05) is 161 Å². The van der Waals surface area contributed by atoms with E-state index in [-0.39, 0.29) is 0 Å². The first kappa shape index (κ1) is 34.7. The lowest BCUT2D eigenvalue weighted by Gasteiger charge is -2.42. The molecule has 0 radical (unpaired) electrons. The average Bonchev–Trinajstić information content (AvgIpc) is 3.45. The highest BCUT2D eigenvalue weighted by molar-refractivity contribution is 7.13. The average molecular weight is 631 g/mol. The minimum absolute atomic E-state index is 0.485. The van der Waals surface area contributed by atoms with Gasteiger partial charge in [0.15, 0.2) is 8.07 Å². The van der Waals surface area contributed by atoms with Crippen molar-refractivity contribution in [2.45, 2.75) is 143 Å². The van der Waals surface area contributed by atoms with Crippen LogP contribution in [0.5, 0.6) is 0 Å². The lowest BCUT2D eigenvalue weighted by atomic mass is 9.94. The summed E-state index contributed by atoms with van der Waals surface area (Å²) >= 11 is 0. The van der Waals surface area contributed by atoms with Crippen molar-refractivity contribution in [3.63, 3.8) is 0 Å². The van der Waals surface area contributed by atoms with Crippen LogP contribution >= 0.6 is 0 Å². The Balaban J connectivity index is 2.04. The fraction of sp³-hybridized carbons (Fsp3) is 0.511. The van der Waals surface area contributed by atoms with E-state index >= 15 is 0 Å². The lowest BCUT2D eigenvalue weighted by Crippen LogP contribution is -2.70. The maximum absolute atomic E-state index is 2.68. The Morgan fingerprint density at radius 2 is 0.783 bits per heavy atom. The minimum Gasteiger partial charge on any atom is -0.0839 e. The Kier molecular flexibility index (Phi) is 10.4. The highest BCUT2D eigenvalue weighted by atomic mass is 28.3. The van der Waals surface area contributed by atoms with Crippen LogP contribution in [-0.2, 0) is 0 Å². The zero-order valence-corrected chi connectivity index (χ0v) is 32.2. The van der Waals surface area contributed by atoms with E-state index in [0.717, 1.165) is 0 Å². The predicted octanol–water partition coefficient (Wildman–Crippen LogP) is 11.6. The molecule has 0 N–H and O–H groups in total. The highest BCUT2D eigenvalue weighted by Crippen LogP contribution is 2.49. The standard InChI is InChI=1S/C45H62Si/c1-28(2)35-19-36(29(3)4)23-41(22-35)46(45-18-17-34-15-13-14-16-44(34)45,42-24-37(30(5)6)20-38(25-42)31(7)8)43-26-39(32(9)10)21-40(27-43)33(11)12/h13-14,16,19-34,45H,15,17-18H2,1-12H3. The number of allylic oxidation sites excluding steroid dienone is 4. The second kappa shape index (κ2) is 13.8. The Hall–Kier alpha value is -2.64. The number of hydrogen-bond acceptors (Lipinski definition) is 0. The lowest BCUT2D eigenvalue weighted by molar-refractivity contribution is 0.633. The summed E-state index contributed by atoms with van der Waals surface area (Å²) in [5, 5.41) is 4.90. The molecule has 1 heteroatoms. The number of rotatable bonds is 10. The molecule has 5 rings (SSSR count). The number of benzene rings is 3. The Morgan fingerprint density at radius 1 is 0.457 bits per heavy atom. The van der Waals surface area contributed by atoms with Gasteiger partial charge in [0.25, 0.3) is 0 Å². The molecule has 0 heterocycles. The van der Waals surface area contributed by atoms with Gasteiger partial charge >= 0.3 is 0 Å². The fourth-order valence-corrected chi connectivity index (χ4v) is 14.2. The quantitative estimate of drug-likeness (QED) is 0.154. The van der Waals surface area contributed by atoms with Gasteiger partial charge in [-0.2, -0.15) is 0 Å². The molecule has 3 aromatic rings. The van der Waals surface area contributed by atoms with Crippen LogP contribution in [0.1, 0.15) is 171 Å². The molecule has 0 aliphatic heterocycles. The third-order valence-corrected chi connectivity index (χ3v) is 16.6. The van der Waals surface area contributed by atoms with Crippen molar-refractivity contribution < 1.29 is 0 Å². The van der Waals surface area contributed by atoms with Crippen LogP contribution in [0.25, 0.3) is 0 Å². The molecule has 1 fully saturated rings. The van der Waals surface area contributed by atoms with E-state index < -0.39 is 8.07 Å². The van der Waals surface area contributed by atoms with Crippen molar-refractivity contribution in [1.82, 2.24) is 0 Å². The summed E-state index contributed by atoms with van der Waals surface area (Å²) < 4.78 is 0. The molecule has 0 aromatic heterocycles. The molecule has 0 saturated heterocycles. The van der Waals surface area contributed by atoms with Crippen LogP contribution in [0.3, 0.4) is 0 Å². The summed E-state index contributed by atoms with van der Waals surface area (Å²) in [4.78, 5) is 0. The maximum Gasteiger partial charge on any atom is 0.155 e. The summed E-state index contributed by atoms with van der Waals surface area (Å²) in [5.41, 5.74) is 11.3. The molecule has 3 aromatic carbocycles. The summed E-state index contributed by atoms with van der Waals surface area (Å²) in [6, 6.07) is 23.7. The smallest absolute Gasteiger partial charge is 0.0839 e. The van der Waals surface area contributed by atoms with Crippen molar-refractivity contribution in [1.29, 1.82) is 0 Å². The monoisotopic (exact) mass is 630 g/mol. The molecule has 246 valence electrons. The molecule has 0 bridgehead atoms. The van der Waals surface area contributed by atoms with Gasteiger partial charge in [-0.3, -0.25) is 0 Å². The van der Waals surface area contributed by atoms with Gasteiger partial charge in [0, 0.05) is 0 Å². The Morgan fingerprint density at radius 3 is 1.09 bits per heavy atom. The maximum atomic E-state index is 2.68. The van der Waals surface area contributed by atoms with E-state index in [1.165, 1.54) is 52.6 Å². The molecule has 2 aliphatic rings. The Bertz CT molecular complexity index is 1360. The largest absolute Gasteiger partial charge is 0.155 e. The van der Waals surface area contributed by atoms with Gasteiger partial charge in [0.2, 0.25) is 0 Å². The van der Waals surface area contributed by atoms with Crippen LogP contribution in [0.15, 0.2) is 78.4 Å². The van der Waals surface area contributed by atoms with Gasteiger partial charge in [-0.15, -0.1) is 0 Å². The molecule has 0 amide bonds. The second-order valence-electron chi connectivity index (χ2n) is 16.6. The van der Waals surface area contributed by atoms with Crippen molar-refractivity contribution in [2.24, 2.45) is 5.92 Å². The topological polar surface area (TPSA) is 0 Å². The van der Waals surface area contributed by atoms with Crippen LogP contribution < -0.4 is 15.6 Å². The van der Waals surface area contributed by atoms with E-state index in [2.05, 4.69) is 156 Å². The zero-order chi connectivity index (χ0) is 33.5. The molecule has 2 atom stereocenters. The van der Waals surface area contributed by atoms with Crippen LogP contribution in [0.4, 0.5) is 0 Å². The first-order valence-electron chi connectivity index (χ1n) is 18.6. The minimum atomic E-state index is -2.66. The van der Waals surface area contributed by atoms with Crippen molar-refractivity contribution in [3.8, 4) is 0 Å². The van der Waals surface area contributed by atoms with Gasteiger partial charge in [0.1, 0.15) is 0 Å². The van der Waals surface area contributed by atoms with E-state index in [1.54, 1.807) is 21.1 Å². The predicted molar refractivity (Wildman–Crippen MR) is 207 cm³/mol. The molecule has 46 heavy (non-hydrogen) atoms. The van der Waals surface area contributed by atoms with Crippen LogP contribution in [0, 0.1) is 5.92 Å². The Labute approximate surface area is 283 Å².